The molecule has 0 radical (unpaired) electrons. The zero-order chi connectivity index (χ0) is 18.9. The Labute approximate surface area is 161 Å². The van der Waals surface area contributed by atoms with E-state index in [9.17, 15) is 4.79 Å². The molecule has 0 unspecified atom stereocenters. The van der Waals surface area contributed by atoms with E-state index in [-0.39, 0.29) is 6.03 Å². The molecule has 0 aliphatic carbocycles. The third-order valence-corrected chi connectivity index (χ3v) is 5.17. The lowest BCUT2D eigenvalue weighted by molar-refractivity contribution is 0.185. The Bertz CT molecular complexity index is 675. The smallest absolute Gasteiger partial charge is 0.315 e. The number of nitrogens with one attached hydrogen (secondary N) is 2. The maximum atomic E-state index is 11.9. The van der Waals surface area contributed by atoms with Crippen LogP contribution in [0, 0.1) is 5.92 Å². The van der Waals surface area contributed by atoms with E-state index in [2.05, 4.69) is 51.8 Å². The Hall–Kier alpha value is -2.34. The van der Waals surface area contributed by atoms with E-state index in [1.54, 1.807) is 6.20 Å². The average molecular weight is 370 g/mol. The Morgan fingerprint density at radius 1 is 1.15 bits per heavy atom. The SMILES string of the molecule is CC1CCN(Cc2ccc(CNC(=O)NCCCn3cccn3)cc2)CC1. The van der Waals surface area contributed by atoms with Gasteiger partial charge in [-0.25, -0.2) is 4.79 Å². The Morgan fingerprint density at radius 2 is 1.89 bits per heavy atom. The highest BCUT2D eigenvalue weighted by atomic mass is 16.2. The van der Waals surface area contributed by atoms with Crippen LogP contribution in [0.15, 0.2) is 42.7 Å². The molecule has 2 aromatic rings. The second-order valence-electron chi connectivity index (χ2n) is 7.51. The second kappa shape index (κ2) is 10.1. The van der Waals surface area contributed by atoms with Gasteiger partial charge < -0.3 is 10.6 Å². The number of rotatable bonds is 8. The minimum absolute atomic E-state index is 0.123. The molecule has 6 heteroatoms. The molecule has 2 heterocycles. The summed E-state index contributed by atoms with van der Waals surface area (Å²) < 4.78 is 1.87. The second-order valence-corrected chi connectivity index (χ2v) is 7.51. The van der Waals surface area contributed by atoms with Crippen molar-refractivity contribution in [3.63, 3.8) is 0 Å². The van der Waals surface area contributed by atoms with Gasteiger partial charge in [-0.05, 0) is 55.5 Å². The summed E-state index contributed by atoms with van der Waals surface area (Å²) in [6.07, 6.45) is 7.16. The van der Waals surface area contributed by atoms with Gasteiger partial charge in [0, 0.05) is 38.6 Å². The lowest BCUT2D eigenvalue weighted by atomic mass is 9.99. The Morgan fingerprint density at radius 3 is 2.59 bits per heavy atom. The van der Waals surface area contributed by atoms with Crippen LogP contribution >= 0.6 is 0 Å². The molecule has 2 N–H and O–H groups in total. The third kappa shape index (κ3) is 6.71. The fourth-order valence-electron chi connectivity index (χ4n) is 3.36. The van der Waals surface area contributed by atoms with Crippen LogP contribution in [0.1, 0.15) is 37.3 Å². The largest absolute Gasteiger partial charge is 0.338 e. The van der Waals surface area contributed by atoms with Crippen molar-refractivity contribution in [2.24, 2.45) is 5.92 Å². The summed E-state index contributed by atoms with van der Waals surface area (Å²) in [6, 6.07) is 10.4. The molecule has 0 saturated carbocycles. The summed E-state index contributed by atoms with van der Waals surface area (Å²) in [7, 11) is 0. The van der Waals surface area contributed by atoms with E-state index in [1.165, 1.54) is 31.5 Å². The molecule has 1 aliphatic heterocycles. The number of benzene rings is 1. The van der Waals surface area contributed by atoms with Gasteiger partial charge in [-0.1, -0.05) is 31.2 Å². The standard InChI is InChI=1S/C21H31N5O/c1-18-8-14-25(15-9-18)17-20-6-4-19(5-7-20)16-23-21(27)22-10-2-12-26-13-3-11-24-26/h3-7,11,13,18H,2,8-10,12,14-17H2,1H3,(H2,22,23,27). The number of carbonyl (C=O) groups is 1. The fourth-order valence-corrected chi connectivity index (χ4v) is 3.36. The first-order valence-corrected chi connectivity index (χ1v) is 9.98. The number of nitrogens with zero attached hydrogens (tertiary/aromatic N) is 3. The number of likely N-dealkylation sites (tertiary alicyclic amines) is 1. The molecule has 3 rings (SSSR count). The van der Waals surface area contributed by atoms with Crippen molar-refractivity contribution in [3.8, 4) is 0 Å². The van der Waals surface area contributed by atoms with Crippen molar-refractivity contribution in [3.05, 3.63) is 53.9 Å². The summed E-state index contributed by atoms with van der Waals surface area (Å²) in [5, 5.41) is 9.94. The number of hydrogen-bond acceptors (Lipinski definition) is 3. The molecular weight excluding hydrogens is 338 g/mol. The van der Waals surface area contributed by atoms with Crippen LogP contribution < -0.4 is 10.6 Å². The van der Waals surface area contributed by atoms with Crippen molar-refractivity contribution < 1.29 is 4.79 Å². The zero-order valence-corrected chi connectivity index (χ0v) is 16.2. The Kier molecular flexibility index (Phi) is 7.27. The maximum absolute atomic E-state index is 11.9. The topological polar surface area (TPSA) is 62.2 Å². The van der Waals surface area contributed by atoms with Gasteiger partial charge in [0.1, 0.15) is 0 Å². The monoisotopic (exact) mass is 369 g/mol. The first-order valence-electron chi connectivity index (χ1n) is 9.98. The van der Waals surface area contributed by atoms with Gasteiger partial charge in [0.15, 0.2) is 0 Å². The number of amides is 2. The highest BCUT2D eigenvalue weighted by molar-refractivity contribution is 5.73. The molecule has 0 atom stereocenters. The van der Waals surface area contributed by atoms with Crippen LogP contribution in [0.2, 0.25) is 0 Å². The molecule has 1 fully saturated rings. The van der Waals surface area contributed by atoms with Gasteiger partial charge in [0.25, 0.3) is 0 Å². The van der Waals surface area contributed by atoms with Gasteiger partial charge in [0.2, 0.25) is 0 Å². The summed E-state index contributed by atoms with van der Waals surface area (Å²) >= 11 is 0. The number of urea groups is 1. The van der Waals surface area contributed by atoms with Crippen molar-refractivity contribution in [1.29, 1.82) is 0 Å². The van der Waals surface area contributed by atoms with Crippen LogP contribution in [0.25, 0.3) is 0 Å². The predicted molar refractivity (Wildman–Crippen MR) is 107 cm³/mol. The number of aromatic nitrogens is 2. The van der Waals surface area contributed by atoms with E-state index in [4.69, 9.17) is 0 Å². The number of piperidine rings is 1. The highest BCUT2D eigenvalue weighted by Gasteiger charge is 2.15. The minimum atomic E-state index is -0.123. The van der Waals surface area contributed by atoms with Gasteiger partial charge in [-0.2, -0.15) is 5.10 Å². The average Bonchev–Trinajstić information content (AvgIpc) is 3.20. The van der Waals surface area contributed by atoms with Crippen molar-refractivity contribution in [1.82, 2.24) is 25.3 Å². The molecule has 27 heavy (non-hydrogen) atoms. The molecule has 0 bridgehead atoms. The highest BCUT2D eigenvalue weighted by Crippen LogP contribution is 2.18. The molecule has 1 aromatic heterocycles. The normalized spacial score (nSPS) is 15.6. The molecule has 1 aliphatic rings. The molecule has 6 nitrogen and oxygen atoms in total. The van der Waals surface area contributed by atoms with Crippen LogP contribution in [0.5, 0.6) is 0 Å². The van der Waals surface area contributed by atoms with E-state index in [1.807, 2.05) is 16.9 Å². The molecule has 1 aromatic carbocycles. The lowest BCUT2D eigenvalue weighted by Crippen LogP contribution is -2.35. The lowest BCUT2D eigenvalue weighted by Gasteiger charge is -2.30. The molecule has 1 saturated heterocycles. The summed E-state index contributed by atoms with van der Waals surface area (Å²) in [4.78, 5) is 14.4. The zero-order valence-electron chi connectivity index (χ0n) is 16.2. The number of hydrogen-bond donors (Lipinski definition) is 2. The van der Waals surface area contributed by atoms with Crippen LogP contribution in [-0.4, -0.2) is 40.3 Å². The van der Waals surface area contributed by atoms with E-state index >= 15 is 0 Å². The van der Waals surface area contributed by atoms with E-state index in [0.29, 0.717) is 13.1 Å². The summed E-state index contributed by atoms with van der Waals surface area (Å²) in [5.41, 5.74) is 2.47. The Balaban J connectivity index is 1.31. The minimum Gasteiger partial charge on any atom is -0.338 e. The predicted octanol–water partition coefficient (Wildman–Crippen LogP) is 3.00. The van der Waals surface area contributed by atoms with Crippen LogP contribution in [0.3, 0.4) is 0 Å². The summed E-state index contributed by atoms with van der Waals surface area (Å²) in [5.74, 6) is 0.867. The van der Waals surface area contributed by atoms with Gasteiger partial charge in [-0.3, -0.25) is 9.58 Å². The van der Waals surface area contributed by atoms with Crippen LogP contribution in [-0.2, 0) is 19.6 Å². The number of aryl methyl sites for hydroxylation is 1. The van der Waals surface area contributed by atoms with Crippen LogP contribution in [0.4, 0.5) is 4.79 Å². The first-order chi connectivity index (χ1) is 13.2. The van der Waals surface area contributed by atoms with Crippen molar-refractivity contribution >= 4 is 6.03 Å². The molecule has 146 valence electrons. The molecule has 2 amide bonds. The first kappa shape index (κ1) is 19.4. The summed E-state index contributed by atoms with van der Waals surface area (Å²) in [6.45, 7) is 7.76. The third-order valence-electron chi connectivity index (χ3n) is 5.17. The number of carbonyl (C=O) groups excluding carboxylic acids is 1. The van der Waals surface area contributed by atoms with Gasteiger partial charge in [0.05, 0.1) is 0 Å². The molecule has 0 spiro atoms. The van der Waals surface area contributed by atoms with Gasteiger partial charge >= 0.3 is 6.03 Å². The van der Waals surface area contributed by atoms with Crippen molar-refractivity contribution in [2.75, 3.05) is 19.6 Å². The quantitative estimate of drug-likeness (QED) is 0.703. The van der Waals surface area contributed by atoms with E-state index in [0.717, 1.165) is 31.0 Å². The molecular formula is C21H31N5O. The van der Waals surface area contributed by atoms with E-state index < -0.39 is 0 Å². The van der Waals surface area contributed by atoms with Gasteiger partial charge in [-0.15, -0.1) is 0 Å². The fraction of sp³-hybridized carbons (Fsp3) is 0.524. The van der Waals surface area contributed by atoms with Crippen molar-refractivity contribution in [2.45, 2.75) is 45.8 Å². The maximum Gasteiger partial charge on any atom is 0.315 e.